The lowest BCUT2D eigenvalue weighted by Gasteiger charge is -2.24. The van der Waals surface area contributed by atoms with Crippen LogP contribution in [-0.4, -0.2) is 50.4 Å². The van der Waals surface area contributed by atoms with Crippen molar-refractivity contribution >= 4 is 11.8 Å². The Morgan fingerprint density at radius 1 is 1.72 bits per heavy atom. The molecule has 1 atom stereocenters. The summed E-state index contributed by atoms with van der Waals surface area (Å²) in [6.45, 7) is 2.90. The van der Waals surface area contributed by atoms with Crippen molar-refractivity contribution in [2.24, 2.45) is 0 Å². The van der Waals surface area contributed by atoms with E-state index in [9.17, 15) is 4.79 Å². The Morgan fingerprint density at radius 3 is 3.33 bits per heavy atom. The fraction of sp³-hybridized carbons (Fsp3) is 0.500. The third-order valence-electron chi connectivity index (χ3n) is 2.73. The molecule has 0 aromatic carbocycles. The number of hydrogen-bond acceptors (Lipinski definition) is 6. The Bertz CT molecular complexity index is 405. The highest BCUT2D eigenvalue weighted by atomic mass is 16.5. The first-order chi connectivity index (χ1) is 8.81. The minimum atomic E-state index is -0.390. The van der Waals surface area contributed by atoms with Gasteiger partial charge in [-0.15, -0.1) is 0 Å². The zero-order valence-electron chi connectivity index (χ0n) is 10.3. The van der Waals surface area contributed by atoms with E-state index in [0.29, 0.717) is 24.5 Å². The van der Waals surface area contributed by atoms with Gasteiger partial charge >= 0.3 is 5.97 Å². The van der Waals surface area contributed by atoms with Crippen LogP contribution in [0.15, 0.2) is 18.3 Å². The summed E-state index contributed by atoms with van der Waals surface area (Å²) < 4.78 is 10.1. The number of hydrogen-bond donors (Lipinski definition) is 2. The first-order valence-corrected chi connectivity index (χ1v) is 5.89. The number of carbonyl (C=O) groups excluding carboxylic acids is 1. The molecule has 1 unspecified atom stereocenters. The molecule has 1 aliphatic heterocycles. The van der Waals surface area contributed by atoms with E-state index in [0.717, 1.165) is 13.2 Å². The summed E-state index contributed by atoms with van der Waals surface area (Å²) in [5.41, 5.74) is 0.441. The van der Waals surface area contributed by atoms with Crippen molar-refractivity contribution in [2.45, 2.75) is 6.04 Å². The standard InChI is InChI=1S/C12H17N3O3/c1-17-12(16)10-3-2-4-14-11(10)15-7-9-8-18-6-5-13-9/h2-4,9,13H,5-8H2,1H3,(H,14,15). The molecular formula is C12H17N3O3. The monoisotopic (exact) mass is 251 g/mol. The molecule has 0 bridgehead atoms. The molecule has 1 aliphatic rings. The van der Waals surface area contributed by atoms with Crippen LogP contribution in [0, 0.1) is 0 Å². The van der Waals surface area contributed by atoms with Crippen LogP contribution < -0.4 is 10.6 Å². The van der Waals surface area contributed by atoms with E-state index in [4.69, 9.17) is 9.47 Å². The molecule has 6 nitrogen and oxygen atoms in total. The summed E-state index contributed by atoms with van der Waals surface area (Å²) in [4.78, 5) is 15.7. The SMILES string of the molecule is COC(=O)c1cccnc1NCC1COCCN1. The van der Waals surface area contributed by atoms with Gasteiger partial charge in [-0.25, -0.2) is 9.78 Å². The quantitative estimate of drug-likeness (QED) is 0.748. The van der Waals surface area contributed by atoms with Gasteiger partial charge in [-0.1, -0.05) is 0 Å². The number of esters is 1. The normalized spacial score (nSPS) is 19.3. The Labute approximate surface area is 106 Å². The minimum Gasteiger partial charge on any atom is -0.465 e. The van der Waals surface area contributed by atoms with E-state index in [1.54, 1.807) is 18.3 Å². The Morgan fingerprint density at radius 2 is 2.61 bits per heavy atom. The van der Waals surface area contributed by atoms with Gasteiger partial charge in [-0.2, -0.15) is 0 Å². The summed E-state index contributed by atoms with van der Waals surface area (Å²) >= 11 is 0. The second-order valence-corrected chi connectivity index (χ2v) is 4.00. The van der Waals surface area contributed by atoms with Gasteiger partial charge in [0.25, 0.3) is 0 Å². The van der Waals surface area contributed by atoms with Gasteiger partial charge < -0.3 is 20.1 Å². The van der Waals surface area contributed by atoms with Gasteiger partial charge in [0, 0.05) is 25.3 Å². The summed E-state index contributed by atoms with van der Waals surface area (Å²) in [7, 11) is 1.36. The summed E-state index contributed by atoms with van der Waals surface area (Å²) in [5.74, 6) is 0.148. The number of nitrogens with one attached hydrogen (secondary N) is 2. The average molecular weight is 251 g/mol. The Hall–Kier alpha value is -1.66. The molecule has 1 fully saturated rings. The van der Waals surface area contributed by atoms with E-state index < -0.39 is 5.97 Å². The van der Waals surface area contributed by atoms with Gasteiger partial charge in [0.1, 0.15) is 11.4 Å². The third-order valence-corrected chi connectivity index (χ3v) is 2.73. The van der Waals surface area contributed by atoms with Crippen LogP contribution in [0.3, 0.4) is 0 Å². The predicted molar refractivity (Wildman–Crippen MR) is 66.7 cm³/mol. The van der Waals surface area contributed by atoms with Crippen LogP contribution in [-0.2, 0) is 9.47 Å². The van der Waals surface area contributed by atoms with Crippen LogP contribution in [0.1, 0.15) is 10.4 Å². The average Bonchev–Trinajstić information content (AvgIpc) is 2.45. The number of morpholine rings is 1. The highest BCUT2D eigenvalue weighted by Crippen LogP contribution is 2.12. The van der Waals surface area contributed by atoms with Crippen molar-refractivity contribution in [2.75, 3.05) is 38.7 Å². The number of carbonyl (C=O) groups is 1. The maximum absolute atomic E-state index is 11.5. The number of aromatic nitrogens is 1. The van der Waals surface area contributed by atoms with Crippen LogP contribution in [0.5, 0.6) is 0 Å². The lowest BCUT2D eigenvalue weighted by Crippen LogP contribution is -2.45. The molecule has 18 heavy (non-hydrogen) atoms. The van der Waals surface area contributed by atoms with Crippen LogP contribution in [0.4, 0.5) is 5.82 Å². The number of nitrogens with zero attached hydrogens (tertiary/aromatic N) is 1. The van der Waals surface area contributed by atoms with Gasteiger partial charge in [0.15, 0.2) is 0 Å². The molecule has 2 heterocycles. The molecule has 0 spiro atoms. The minimum absolute atomic E-state index is 0.228. The second-order valence-electron chi connectivity index (χ2n) is 4.00. The maximum atomic E-state index is 11.5. The zero-order chi connectivity index (χ0) is 12.8. The van der Waals surface area contributed by atoms with E-state index in [1.165, 1.54) is 7.11 Å². The first-order valence-electron chi connectivity index (χ1n) is 5.89. The smallest absolute Gasteiger partial charge is 0.341 e. The van der Waals surface area contributed by atoms with E-state index in [1.807, 2.05) is 0 Å². The van der Waals surface area contributed by atoms with E-state index in [-0.39, 0.29) is 6.04 Å². The molecule has 2 rings (SSSR count). The Kier molecular flexibility index (Phi) is 4.49. The Balaban J connectivity index is 1.97. The first kappa shape index (κ1) is 12.8. The van der Waals surface area contributed by atoms with Crippen LogP contribution in [0.2, 0.25) is 0 Å². The van der Waals surface area contributed by atoms with Gasteiger partial charge in [-0.05, 0) is 12.1 Å². The highest BCUT2D eigenvalue weighted by Gasteiger charge is 2.16. The molecule has 2 N–H and O–H groups in total. The van der Waals surface area contributed by atoms with Gasteiger partial charge in [-0.3, -0.25) is 0 Å². The molecule has 0 radical (unpaired) electrons. The predicted octanol–water partition coefficient (Wildman–Crippen LogP) is 0.268. The number of methoxy groups -OCH3 is 1. The van der Waals surface area contributed by atoms with E-state index in [2.05, 4.69) is 15.6 Å². The molecule has 0 aliphatic carbocycles. The summed E-state index contributed by atoms with van der Waals surface area (Å²) in [5, 5.41) is 6.46. The molecular weight excluding hydrogens is 234 g/mol. The van der Waals surface area contributed by atoms with Crippen molar-refractivity contribution in [3.05, 3.63) is 23.9 Å². The molecule has 0 amide bonds. The van der Waals surface area contributed by atoms with Crippen molar-refractivity contribution in [1.82, 2.24) is 10.3 Å². The van der Waals surface area contributed by atoms with Crippen molar-refractivity contribution in [1.29, 1.82) is 0 Å². The lowest BCUT2D eigenvalue weighted by molar-refractivity contribution is 0.0601. The van der Waals surface area contributed by atoms with Gasteiger partial charge in [0.2, 0.25) is 0 Å². The summed E-state index contributed by atoms with van der Waals surface area (Å²) in [6, 6.07) is 3.62. The number of pyridine rings is 1. The topological polar surface area (TPSA) is 72.5 Å². The van der Waals surface area contributed by atoms with Crippen molar-refractivity contribution in [3.63, 3.8) is 0 Å². The molecule has 98 valence electrons. The van der Waals surface area contributed by atoms with Crippen LogP contribution in [0.25, 0.3) is 0 Å². The molecule has 6 heteroatoms. The maximum Gasteiger partial charge on any atom is 0.341 e. The van der Waals surface area contributed by atoms with Crippen molar-refractivity contribution < 1.29 is 14.3 Å². The van der Waals surface area contributed by atoms with Gasteiger partial charge in [0.05, 0.1) is 20.3 Å². The molecule has 1 aromatic heterocycles. The molecule has 1 saturated heterocycles. The third kappa shape index (κ3) is 3.18. The number of anilines is 1. The fourth-order valence-corrected chi connectivity index (χ4v) is 1.79. The van der Waals surface area contributed by atoms with Crippen LogP contribution >= 0.6 is 0 Å². The molecule has 0 saturated carbocycles. The fourth-order valence-electron chi connectivity index (χ4n) is 1.79. The lowest BCUT2D eigenvalue weighted by atomic mass is 10.2. The number of rotatable bonds is 4. The molecule has 1 aromatic rings. The largest absolute Gasteiger partial charge is 0.465 e. The second kappa shape index (κ2) is 6.32. The summed E-state index contributed by atoms with van der Waals surface area (Å²) in [6.07, 6.45) is 1.64. The van der Waals surface area contributed by atoms with E-state index >= 15 is 0 Å². The zero-order valence-corrected chi connectivity index (χ0v) is 10.3. The highest BCUT2D eigenvalue weighted by molar-refractivity contribution is 5.94. The number of ether oxygens (including phenoxy) is 2. The van der Waals surface area contributed by atoms with Crippen molar-refractivity contribution in [3.8, 4) is 0 Å².